The number of thiocarbonyl (C=S) groups is 1. The maximum absolute atomic E-state index is 13.4. The summed E-state index contributed by atoms with van der Waals surface area (Å²) < 4.78 is 18.7. The smallest absolute Gasteiger partial charge is 0.173 e. The van der Waals surface area contributed by atoms with E-state index in [2.05, 4.69) is 5.32 Å². The molecule has 2 rings (SSSR count). The van der Waals surface area contributed by atoms with Gasteiger partial charge in [-0.1, -0.05) is 12.2 Å². The highest BCUT2D eigenvalue weighted by Gasteiger charge is 2.54. The van der Waals surface area contributed by atoms with E-state index in [-0.39, 0.29) is 11.7 Å². The summed E-state index contributed by atoms with van der Waals surface area (Å²) in [7, 11) is 0. The molecule has 18 heavy (non-hydrogen) atoms. The van der Waals surface area contributed by atoms with Crippen molar-refractivity contribution in [1.29, 1.82) is 0 Å². The van der Waals surface area contributed by atoms with Crippen LogP contribution in [0.4, 0.5) is 4.39 Å². The summed E-state index contributed by atoms with van der Waals surface area (Å²) in [5.41, 5.74) is -1.62. The number of rotatable bonds is 2. The topological polar surface area (TPSA) is 85.2 Å². The van der Waals surface area contributed by atoms with Crippen molar-refractivity contribution in [2.45, 2.75) is 31.0 Å². The van der Waals surface area contributed by atoms with E-state index in [0.29, 0.717) is 0 Å². The maximum atomic E-state index is 13.4. The van der Waals surface area contributed by atoms with Crippen molar-refractivity contribution in [2.24, 2.45) is 0 Å². The van der Waals surface area contributed by atoms with Gasteiger partial charge in [-0.25, -0.2) is 4.39 Å². The molecule has 2 aliphatic heterocycles. The summed E-state index contributed by atoms with van der Waals surface area (Å²) in [6.07, 6.45) is -2.01. The second kappa shape index (κ2) is 4.71. The Hall–Kier alpha value is -0.800. The van der Waals surface area contributed by atoms with E-state index in [4.69, 9.17) is 22.1 Å². The van der Waals surface area contributed by atoms with Crippen LogP contribution < -0.4 is 5.32 Å². The summed E-state index contributed by atoms with van der Waals surface area (Å²) in [4.78, 5) is 1.34. The van der Waals surface area contributed by atoms with Crippen LogP contribution in [0.25, 0.3) is 0 Å². The molecule has 0 spiro atoms. The fourth-order valence-corrected chi connectivity index (χ4v) is 2.22. The second-order valence-corrected chi connectivity index (χ2v) is 4.94. The number of ether oxygens (including phenoxy) is 1. The van der Waals surface area contributed by atoms with Gasteiger partial charge in [0.1, 0.15) is 22.8 Å². The summed E-state index contributed by atoms with van der Waals surface area (Å²) >= 11 is 4.71. The molecule has 2 aliphatic rings. The van der Waals surface area contributed by atoms with Crippen LogP contribution in [0.2, 0.25) is 0 Å². The fraction of sp³-hybridized carbons (Fsp3) is 0.700. The zero-order valence-electron chi connectivity index (χ0n) is 9.71. The van der Waals surface area contributed by atoms with Crippen LogP contribution in [0.3, 0.4) is 0 Å². The van der Waals surface area contributed by atoms with Crippen molar-refractivity contribution in [2.75, 3.05) is 13.3 Å². The van der Waals surface area contributed by atoms with E-state index >= 15 is 0 Å². The molecule has 8 heteroatoms. The van der Waals surface area contributed by atoms with Crippen LogP contribution in [0.1, 0.15) is 6.92 Å². The molecule has 0 aliphatic carbocycles. The predicted octanol–water partition coefficient (Wildman–Crippen LogP) is -1.18. The molecule has 1 fully saturated rings. The van der Waals surface area contributed by atoms with Crippen molar-refractivity contribution >= 4 is 17.2 Å². The molecule has 4 unspecified atom stereocenters. The highest BCUT2D eigenvalue weighted by atomic mass is 32.1. The summed E-state index contributed by atoms with van der Waals surface area (Å²) in [5, 5.41) is 31.7. The highest BCUT2D eigenvalue weighted by molar-refractivity contribution is 7.80. The monoisotopic (exact) mass is 278 g/mol. The van der Waals surface area contributed by atoms with E-state index < -0.39 is 36.5 Å². The van der Waals surface area contributed by atoms with Gasteiger partial charge in [-0.3, -0.25) is 0 Å². The average molecular weight is 278 g/mol. The van der Waals surface area contributed by atoms with Crippen LogP contribution >= 0.6 is 12.2 Å². The molecule has 6 nitrogen and oxygen atoms in total. The number of aliphatic hydroxyl groups is 3. The fourth-order valence-electron chi connectivity index (χ4n) is 2.10. The van der Waals surface area contributed by atoms with Gasteiger partial charge in [-0.15, -0.1) is 0 Å². The largest absolute Gasteiger partial charge is 0.394 e. The Labute approximate surface area is 109 Å². The first-order chi connectivity index (χ1) is 8.37. The predicted molar refractivity (Wildman–Crippen MR) is 64.0 cm³/mol. The Bertz CT molecular complexity index is 390. The van der Waals surface area contributed by atoms with Gasteiger partial charge < -0.3 is 30.3 Å². The first-order valence-corrected chi connectivity index (χ1v) is 5.86. The number of hydrogen-bond acceptors (Lipinski definition) is 6. The summed E-state index contributed by atoms with van der Waals surface area (Å²) in [5.74, 6) is -0.641. The third kappa shape index (κ3) is 2.10. The van der Waals surface area contributed by atoms with Crippen LogP contribution in [-0.2, 0) is 4.74 Å². The maximum Gasteiger partial charge on any atom is 0.173 e. The van der Waals surface area contributed by atoms with Gasteiger partial charge in [0.2, 0.25) is 0 Å². The minimum Gasteiger partial charge on any atom is -0.394 e. The first-order valence-electron chi connectivity index (χ1n) is 5.46. The molecule has 4 N–H and O–H groups in total. The van der Waals surface area contributed by atoms with E-state index in [9.17, 15) is 14.6 Å². The molecular formula is C10H15FN2O4S. The van der Waals surface area contributed by atoms with E-state index in [1.54, 1.807) is 0 Å². The molecule has 0 aromatic rings. The Balaban J connectivity index is 2.21. The molecule has 4 atom stereocenters. The second-order valence-electron chi connectivity index (χ2n) is 4.54. The number of halogens is 1. The first kappa shape index (κ1) is 13.6. The molecule has 1 saturated heterocycles. The Morgan fingerprint density at radius 3 is 2.89 bits per heavy atom. The van der Waals surface area contributed by atoms with Crippen molar-refractivity contribution < 1.29 is 24.4 Å². The SMILES string of the molecule is CC1(O)C(O)C(CO)OC1N1C=C(F)C(=S)NC1. The minimum atomic E-state index is -1.62. The van der Waals surface area contributed by atoms with Gasteiger partial charge in [-0.2, -0.15) is 0 Å². The van der Waals surface area contributed by atoms with Crippen LogP contribution in [0.5, 0.6) is 0 Å². The summed E-state index contributed by atoms with van der Waals surface area (Å²) in [6, 6.07) is 0. The molecule has 0 bridgehead atoms. The van der Waals surface area contributed by atoms with Gasteiger partial charge in [0.25, 0.3) is 0 Å². The Morgan fingerprint density at radius 2 is 2.39 bits per heavy atom. The van der Waals surface area contributed by atoms with E-state index in [1.807, 2.05) is 0 Å². The number of hydrogen-bond donors (Lipinski definition) is 4. The molecule has 0 radical (unpaired) electrons. The standard InChI is InChI=1S/C10H15FN2O4S/c1-10(16)7(15)6(3-14)17-9(10)13-2-5(11)8(18)12-4-13/h2,6-7,9,14-16H,3-4H2,1H3,(H,12,18). The van der Waals surface area contributed by atoms with Crippen LogP contribution in [0.15, 0.2) is 12.0 Å². The number of nitrogens with zero attached hydrogens (tertiary/aromatic N) is 1. The lowest BCUT2D eigenvalue weighted by molar-refractivity contribution is -0.121. The quantitative estimate of drug-likeness (QED) is 0.473. The zero-order valence-corrected chi connectivity index (χ0v) is 10.5. The molecule has 0 aromatic carbocycles. The number of nitrogens with one attached hydrogen (secondary N) is 1. The lowest BCUT2D eigenvalue weighted by atomic mass is 9.96. The van der Waals surface area contributed by atoms with Crippen molar-refractivity contribution in [3.05, 3.63) is 12.0 Å². The molecule has 0 amide bonds. The third-order valence-corrected chi connectivity index (χ3v) is 3.49. The minimum absolute atomic E-state index is 0.0110. The van der Waals surface area contributed by atoms with Gasteiger partial charge in [0.05, 0.1) is 13.3 Å². The van der Waals surface area contributed by atoms with Gasteiger partial charge in [0, 0.05) is 6.20 Å². The van der Waals surface area contributed by atoms with E-state index in [1.165, 1.54) is 11.8 Å². The van der Waals surface area contributed by atoms with Crippen LogP contribution in [-0.4, -0.2) is 62.5 Å². The normalized spacial score (nSPS) is 40.7. The van der Waals surface area contributed by atoms with Crippen molar-refractivity contribution in [3.63, 3.8) is 0 Å². The Kier molecular flexibility index (Phi) is 3.56. The molecular weight excluding hydrogens is 263 g/mol. The molecule has 0 saturated carbocycles. The zero-order chi connectivity index (χ0) is 13.5. The van der Waals surface area contributed by atoms with Gasteiger partial charge in [0.15, 0.2) is 12.1 Å². The van der Waals surface area contributed by atoms with Crippen molar-refractivity contribution in [1.82, 2.24) is 10.2 Å². The van der Waals surface area contributed by atoms with Gasteiger partial charge >= 0.3 is 0 Å². The highest BCUT2D eigenvalue weighted by Crippen LogP contribution is 2.33. The van der Waals surface area contributed by atoms with Gasteiger partial charge in [-0.05, 0) is 6.92 Å². The molecule has 0 aromatic heterocycles. The van der Waals surface area contributed by atoms with E-state index in [0.717, 1.165) is 6.20 Å². The summed E-state index contributed by atoms with van der Waals surface area (Å²) in [6.45, 7) is 1.09. The Morgan fingerprint density at radius 1 is 1.72 bits per heavy atom. The molecule has 2 heterocycles. The molecule has 102 valence electrons. The lowest BCUT2D eigenvalue weighted by Crippen LogP contribution is -2.55. The third-order valence-electron chi connectivity index (χ3n) is 3.15. The number of aliphatic hydroxyl groups excluding tert-OH is 2. The average Bonchev–Trinajstić information content (AvgIpc) is 2.55. The van der Waals surface area contributed by atoms with Crippen LogP contribution in [0, 0.1) is 0 Å². The lowest BCUT2D eigenvalue weighted by Gasteiger charge is -2.36. The van der Waals surface area contributed by atoms with Crippen molar-refractivity contribution in [3.8, 4) is 0 Å².